The van der Waals surface area contributed by atoms with Gasteiger partial charge in [0.15, 0.2) is 0 Å². The fraction of sp³-hybridized carbons (Fsp3) is 0.231. The molecule has 1 aromatic heterocycles. The van der Waals surface area contributed by atoms with E-state index in [0.717, 1.165) is 6.07 Å². The highest BCUT2D eigenvalue weighted by Crippen LogP contribution is 2.20. The minimum Gasteiger partial charge on any atom is -0.478 e. The van der Waals surface area contributed by atoms with Gasteiger partial charge in [-0.1, -0.05) is 6.07 Å². The first-order valence-corrected chi connectivity index (χ1v) is 5.82. The Kier molecular flexibility index (Phi) is 3.79. The van der Waals surface area contributed by atoms with Crippen molar-refractivity contribution in [2.24, 2.45) is 0 Å². The Bertz CT molecular complexity index is 569. The lowest BCUT2D eigenvalue weighted by Gasteiger charge is -2.17. The molecule has 0 aliphatic rings. The highest BCUT2D eigenvalue weighted by Gasteiger charge is 2.16. The van der Waals surface area contributed by atoms with Crippen molar-refractivity contribution >= 4 is 11.7 Å². The van der Waals surface area contributed by atoms with Gasteiger partial charge in [0.2, 0.25) is 0 Å². The van der Waals surface area contributed by atoms with Crippen molar-refractivity contribution in [1.82, 2.24) is 9.55 Å². The molecule has 0 aliphatic heterocycles. The lowest BCUT2D eigenvalue weighted by molar-refractivity contribution is 0.0693. The maximum Gasteiger partial charge on any atom is 0.340 e. The second-order valence-electron chi connectivity index (χ2n) is 4.27. The normalized spacial score (nSPS) is 12.1. The molecule has 2 rings (SSSR count). The fourth-order valence-corrected chi connectivity index (χ4v) is 1.88. The highest BCUT2D eigenvalue weighted by atomic mass is 19.1. The van der Waals surface area contributed by atoms with Crippen molar-refractivity contribution in [3.63, 3.8) is 0 Å². The number of carboxylic acid groups (broad SMARTS) is 1. The number of imidazole rings is 1. The number of nitrogens with zero attached hydrogens (tertiary/aromatic N) is 2. The number of aromatic carboxylic acids is 1. The van der Waals surface area contributed by atoms with Gasteiger partial charge < -0.3 is 15.0 Å². The molecule has 0 bridgehead atoms. The van der Waals surface area contributed by atoms with Crippen molar-refractivity contribution in [2.75, 3.05) is 5.32 Å². The molecule has 0 aliphatic carbocycles. The van der Waals surface area contributed by atoms with Crippen molar-refractivity contribution in [1.29, 1.82) is 0 Å². The Morgan fingerprint density at radius 3 is 3.00 bits per heavy atom. The van der Waals surface area contributed by atoms with E-state index in [1.165, 1.54) is 6.07 Å². The Morgan fingerprint density at radius 1 is 1.58 bits per heavy atom. The highest BCUT2D eigenvalue weighted by molar-refractivity contribution is 5.94. The summed E-state index contributed by atoms with van der Waals surface area (Å²) in [5, 5.41) is 12.0. The first kappa shape index (κ1) is 13.1. The first-order valence-electron chi connectivity index (χ1n) is 5.82. The smallest absolute Gasteiger partial charge is 0.340 e. The molecule has 1 unspecified atom stereocenters. The zero-order chi connectivity index (χ0) is 13.8. The number of rotatable bonds is 5. The van der Waals surface area contributed by atoms with Crippen LogP contribution in [0.3, 0.4) is 0 Å². The average molecular weight is 263 g/mol. The van der Waals surface area contributed by atoms with E-state index in [-0.39, 0.29) is 17.3 Å². The Hall–Kier alpha value is -2.37. The van der Waals surface area contributed by atoms with E-state index in [9.17, 15) is 9.18 Å². The number of anilines is 1. The molecule has 19 heavy (non-hydrogen) atoms. The van der Waals surface area contributed by atoms with Crippen LogP contribution < -0.4 is 5.32 Å². The summed E-state index contributed by atoms with van der Waals surface area (Å²) in [6.45, 7) is 2.49. The Labute approximate surface area is 109 Å². The third kappa shape index (κ3) is 3.09. The van der Waals surface area contributed by atoms with Crippen LogP contribution in [0.2, 0.25) is 0 Å². The van der Waals surface area contributed by atoms with E-state index in [0.29, 0.717) is 6.54 Å². The zero-order valence-corrected chi connectivity index (χ0v) is 10.4. The van der Waals surface area contributed by atoms with Gasteiger partial charge >= 0.3 is 5.97 Å². The average Bonchev–Trinajstić information content (AvgIpc) is 2.81. The molecule has 0 spiro atoms. The fourth-order valence-electron chi connectivity index (χ4n) is 1.88. The van der Waals surface area contributed by atoms with E-state index in [1.807, 2.05) is 17.7 Å². The number of halogens is 1. The third-order valence-electron chi connectivity index (χ3n) is 2.67. The second kappa shape index (κ2) is 5.51. The lowest BCUT2D eigenvalue weighted by atomic mass is 10.1. The molecule has 1 aromatic carbocycles. The molecule has 0 fully saturated rings. The van der Waals surface area contributed by atoms with Crippen LogP contribution in [0.5, 0.6) is 0 Å². The largest absolute Gasteiger partial charge is 0.478 e. The van der Waals surface area contributed by atoms with Gasteiger partial charge in [0, 0.05) is 25.0 Å². The summed E-state index contributed by atoms with van der Waals surface area (Å²) in [5.41, 5.74) is -0.0555. The van der Waals surface area contributed by atoms with Crippen LogP contribution in [0.25, 0.3) is 0 Å². The molecule has 5 nitrogen and oxygen atoms in total. The number of nitrogens with one attached hydrogen (secondary N) is 1. The van der Waals surface area contributed by atoms with E-state index >= 15 is 0 Å². The molecule has 1 heterocycles. The van der Waals surface area contributed by atoms with Gasteiger partial charge in [-0.2, -0.15) is 0 Å². The number of carboxylic acids is 1. The van der Waals surface area contributed by atoms with Gasteiger partial charge in [0.1, 0.15) is 11.4 Å². The van der Waals surface area contributed by atoms with Crippen molar-refractivity contribution in [3.8, 4) is 0 Å². The first-order chi connectivity index (χ1) is 9.08. The van der Waals surface area contributed by atoms with Crippen molar-refractivity contribution in [2.45, 2.75) is 19.5 Å². The van der Waals surface area contributed by atoms with E-state index in [2.05, 4.69) is 10.3 Å². The van der Waals surface area contributed by atoms with Crippen molar-refractivity contribution in [3.05, 3.63) is 48.3 Å². The second-order valence-corrected chi connectivity index (χ2v) is 4.27. The molecule has 0 radical (unpaired) electrons. The summed E-state index contributed by atoms with van der Waals surface area (Å²) in [6, 6.07) is 4.11. The number of hydrogen-bond acceptors (Lipinski definition) is 3. The minimum absolute atomic E-state index is 0.0610. The van der Waals surface area contributed by atoms with Crippen LogP contribution in [-0.2, 0) is 6.54 Å². The molecule has 0 amide bonds. The minimum atomic E-state index is -1.28. The predicted molar refractivity (Wildman–Crippen MR) is 68.7 cm³/mol. The molecule has 0 saturated heterocycles. The number of hydrogen-bond donors (Lipinski definition) is 2. The number of aromatic nitrogens is 2. The maximum atomic E-state index is 13.5. The third-order valence-corrected chi connectivity index (χ3v) is 2.67. The maximum absolute atomic E-state index is 13.5. The quantitative estimate of drug-likeness (QED) is 0.868. The predicted octanol–water partition coefficient (Wildman–Crippen LogP) is 2.22. The van der Waals surface area contributed by atoms with Crippen molar-refractivity contribution < 1.29 is 14.3 Å². The van der Waals surface area contributed by atoms with Crippen LogP contribution in [0.15, 0.2) is 36.9 Å². The molecule has 1 atom stereocenters. The summed E-state index contributed by atoms with van der Waals surface area (Å²) < 4.78 is 15.4. The Balaban J connectivity index is 2.14. The monoisotopic (exact) mass is 263 g/mol. The van der Waals surface area contributed by atoms with Gasteiger partial charge in [-0.05, 0) is 19.1 Å². The van der Waals surface area contributed by atoms with Crippen LogP contribution in [0, 0.1) is 5.82 Å². The summed E-state index contributed by atoms with van der Waals surface area (Å²) in [4.78, 5) is 15.0. The summed E-state index contributed by atoms with van der Waals surface area (Å²) >= 11 is 0. The van der Waals surface area contributed by atoms with E-state index in [1.54, 1.807) is 18.6 Å². The summed E-state index contributed by atoms with van der Waals surface area (Å²) in [5.74, 6) is -2.03. The van der Waals surface area contributed by atoms with Gasteiger partial charge in [-0.15, -0.1) is 0 Å². The standard InChI is InChI=1S/C13H14FN3O2/c1-9(7-17-6-5-15-8-17)16-11-4-2-3-10(14)12(11)13(18)19/h2-6,8-9,16H,7H2,1H3,(H,18,19). The Morgan fingerprint density at radius 2 is 2.37 bits per heavy atom. The van der Waals surface area contributed by atoms with Crippen LogP contribution in [-0.4, -0.2) is 26.7 Å². The van der Waals surface area contributed by atoms with E-state index in [4.69, 9.17) is 5.11 Å². The molecule has 0 saturated carbocycles. The molecule has 6 heteroatoms. The van der Waals surface area contributed by atoms with Crippen LogP contribution >= 0.6 is 0 Å². The van der Waals surface area contributed by atoms with Crippen LogP contribution in [0.4, 0.5) is 10.1 Å². The molecular formula is C13H14FN3O2. The molecular weight excluding hydrogens is 249 g/mol. The number of carbonyl (C=O) groups is 1. The molecule has 100 valence electrons. The summed E-state index contributed by atoms with van der Waals surface area (Å²) in [7, 11) is 0. The van der Waals surface area contributed by atoms with Gasteiger partial charge in [-0.3, -0.25) is 0 Å². The van der Waals surface area contributed by atoms with Gasteiger partial charge in [-0.25, -0.2) is 14.2 Å². The molecule has 2 aromatic rings. The topological polar surface area (TPSA) is 67.2 Å². The molecule has 2 N–H and O–H groups in total. The number of benzene rings is 1. The van der Waals surface area contributed by atoms with E-state index < -0.39 is 11.8 Å². The SMILES string of the molecule is CC(Cn1ccnc1)Nc1cccc(F)c1C(=O)O. The van der Waals surface area contributed by atoms with Gasteiger partial charge in [0.05, 0.1) is 12.0 Å². The van der Waals surface area contributed by atoms with Gasteiger partial charge in [0.25, 0.3) is 0 Å². The summed E-state index contributed by atoms with van der Waals surface area (Å²) in [6.07, 6.45) is 5.14. The van der Waals surface area contributed by atoms with Crippen LogP contribution in [0.1, 0.15) is 17.3 Å². The lowest BCUT2D eigenvalue weighted by Crippen LogP contribution is -2.23. The zero-order valence-electron chi connectivity index (χ0n) is 10.4.